The van der Waals surface area contributed by atoms with Crippen LogP contribution in [0.15, 0.2) is 34.3 Å². The Balaban J connectivity index is 1.88. The number of carbonyl (C=O) groups is 1. The van der Waals surface area contributed by atoms with Gasteiger partial charge in [-0.3, -0.25) is 0 Å². The van der Waals surface area contributed by atoms with Gasteiger partial charge >= 0.3 is 18.0 Å². The molecule has 0 spiro atoms. The summed E-state index contributed by atoms with van der Waals surface area (Å²) >= 11 is 0. The SMILES string of the molecule is CC1=N[C@@](OC(=O)c2cc3nc4n(c3cc2S(C)(=O)=O)CCNC4)(C(F)(F)F)N(C(C)C)C=C1. The molecular formula is C21H24F3N5O4S. The first-order valence-corrected chi connectivity index (χ1v) is 12.4. The minimum absolute atomic E-state index is 0.00455. The van der Waals surface area contributed by atoms with Gasteiger partial charge in [-0.15, -0.1) is 0 Å². The van der Waals surface area contributed by atoms with Crippen molar-refractivity contribution < 1.29 is 31.1 Å². The van der Waals surface area contributed by atoms with E-state index >= 15 is 0 Å². The molecule has 1 aromatic heterocycles. The first-order chi connectivity index (χ1) is 15.7. The normalized spacial score (nSPS) is 21.1. The summed E-state index contributed by atoms with van der Waals surface area (Å²) in [6, 6.07) is 1.68. The molecule has 34 heavy (non-hydrogen) atoms. The number of imidazole rings is 1. The highest BCUT2D eigenvalue weighted by molar-refractivity contribution is 7.90. The second-order valence-corrected chi connectivity index (χ2v) is 10.5. The Morgan fingerprint density at radius 3 is 2.62 bits per heavy atom. The van der Waals surface area contributed by atoms with Crippen LogP contribution in [0.4, 0.5) is 13.2 Å². The monoisotopic (exact) mass is 499 g/mol. The number of hydrogen-bond acceptors (Lipinski definition) is 8. The van der Waals surface area contributed by atoms with Crippen molar-refractivity contribution in [1.29, 1.82) is 0 Å². The smallest absolute Gasteiger partial charge is 0.406 e. The Labute approximate surface area is 194 Å². The molecule has 2 aliphatic rings. The second kappa shape index (κ2) is 8.08. The first-order valence-electron chi connectivity index (χ1n) is 10.5. The van der Waals surface area contributed by atoms with E-state index in [0.717, 1.165) is 17.4 Å². The molecular weight excluding hydrogens is 475 g/mol. The van der Waals surface area contributed by atoms with E-state index in [1.54, 1.807) is 0 Å². The lowest BCUT2D eigenvalue weighted by Crippen LogP contribution is -2.61. The van der Waals surface area contributed by atoms with Crippen LogP contribution in [0.1, 0.15) is 37.0 Å². The number of nitrogens with one attached hydrogen (secondary N) is 1. The van der Waals surface area contributed by atoms with E-state index in [1.165, 1.54) is 39.0 Å². The van der Waals surface area contributed by atoms with E-state index in [1.807, 2.05) is 4.57 Å². The van der Waals surface area contributed by atoms with Gasteiger partial charge in [-0.25, -0.2) is 23.2 Å². The third-order valence-corrected chi connectivity index (χ3v) is 6.79. The highest BCUT2D eigenvalue weighted by Gasteiger charge is 2.64. The zero-order chi connectivity index (χ0) is 25.1. The number of hydrogen-bond donors (Lipinski definition) is 1. The number of alkyl halides is 3. The number of ether oxygens (including phenoxy) is 1. The third kappa shape index (κ3) is 3.96. The van der Waals surface area contributed by atoms with Crippen molar-refractivity contribution in [1.82, 2.24) is 19.8 Å². The molecule has 184 valence electrons. The van der Waals surface area contributed by atoms with E-state index in [0.29, 0.717) is 31.0 Å². The van der Waals surface area contributed by atoms with Gasteiger partial charge in [0, 0.05) is 37.3 Å². The van der Waals surface area contributed by atoms with E-state index in [-0.39, 0.29) is 11.2 Å². The van der Waals surface area contributed by atoms with Crippen LogP contribution in [0.5, 0.6) is 0 Å². The summed E-state index contributed by atoms with van der Waals surface area (Å²) in [4.78, 5) is 21.7. The average molecular weight is 500 g/mol. The Morgan fingerprint density at radius 1 is 1.29 bits per heavy atom. The molecule has 3 heterocycles. The van der Waals surface area contributed by atoms with Crippen LogP contribution in [-0.4, -0.2) is 65.4 Å². The van der Waals surface area contributed by atoms with Crippen molar-refractivity contribution in [2.24, 2.45) is 4.99 Å². The fourth-order valence-electron chi connectivity index (χ4n) is 4.12. The molecule has 1 N–H and O–H groups in total. The van der Waals surface area contributed by atoms with Gasteiger partial charge in [0.1, 0.15) is 5.82 Å². The van der Waals surface area contributed by atoms with Crippen molar-refractivity contribution in [3.63, 3.8) is 0 Å². The predicted molar refractivity (Wildman–Crippen MR) is 118 cm³/mol. The molecule has 9 nitrogen and oxygen atoms in total. The molecule has 1 atom stereocenters. The Morgan fingerprint density at radius 2 is 2.00 bits per heavy atom. The molecule has 0 unspecified atom stereocenters. The quantitative estimate of drug-likeness (QED) is 0.645. The number of rotatable bonds is 4. The highest BCUT2D eigenvalue weighted by atomic mass is 32.2. The van der Waals surface area contributed by atoms with Gasteiger partial charge < -0.3 is 19.5 Å². The number of aromatic nitrogens is 2. The maximum Gasteiger partial charge on any atom is 0.473 e. The van der Waals surface area contributed by atoms with Crippen LogP contribution in [0, 0.1) is 0 Å². The molecule has 0 fully saturated rings. The minimum Gasteiger partial charge on any atom is -0.406 e. The number of carbonyl (C=O) groups excluding carboxylic acids is 1. The second-order valence-electron chi connectivity index (χ2n) is 8.53. The molecule has 2 aromatic rings. The molecule has 13 heteroatoms. The highest BCUT2D eigenvalue weighted by Crippen LogP contribution is 2.42. The molecule has 0 aliphatic carbocycles. The number of allylic oxidation sites excluding steroid dienone is 1. The lowest BCUT2D eigenvalue weighted by Gasteiger charge is -2.43. The predicted octanol–water partition coefficient (Wildman–Crippen LogP) is 2.61. The molecule has 1 aromatic carbocycles. The van der Waals surface area contributed by atoms with Crippen LogP contribution < -0.4 is 5.32 Å². The lowest BCUT2D eigenvalue weighted by molar-refractivity contribution is -0.306. The first kappa shape index (κ1) is 24.2. The number of nitrogens with zero attached hydrogens (tertiary/aromatic N) is 4. The Kier molecular flexibility index (Phi) is 5.75. The average Bonchev–Trinajstić information content (AvgIpc) is 3.09. The van der Waals surface area contributed by atoms with Crippen molar-refractivity contribution in [2.45, 2.75) is 56.8 Å². The number of aliphatic imine (C=N–C) groups is 1. The maximum atomic E-state index is 14.4. The lowest BCUT2D eigenvalue weighted by atomic mass is 10.1. The molecule has 0 amide bonds. The van der Waals surface area contributed by atoms with Crippen LogP contribution in [0.25, 0.3) is 11.0 Å². The van der Waals surface area contributed by atoms with Gasteiger partial charge in [-0.2, -0.15) is 13.2 Å². The number of esters is 1. The minimum atomic E-state index is -5.12. The molecule has 0 radical (unpaired) electrons. The van der Waals surface area contributed by atoms with Crippen LogP contribution in [-0.2, 0) is 27.7 Å². The third-order valence-electron chi connectivity index (χ3n) is 5.66. The molecule has 2 aliphatic heterocycles. The Bertz CT molecular complexity index is 1330. The van der Waals surface area contributed by atoms with Crippen molar-refractivity contribution >= 4 is 32.6 Å². The molecule has 0 saturated carbocycles. The van der Waals surface area contributed by atoms with Gasteiger partial charge in [-0.1, -0.05) is 0 Å². The van der Waals surface area contributed by atoms with Gasteiger partial charge in [0.05, 0.1) is 28.0 Å². The fraction of sp³-hybridized carbons (Fsp3) is 0.476. The summed E-state index contributed by atoms with van der Waals surface area (Å²) < 4.78 is 75.2. The summed E-state index contributed by atoms with van der Waals surface area (Å²) in [5.41, 5.74) is 0.212. The summed E-state index contributed by atoms with van der Waals surface area (Å²) in [5, 5.41) is 3.13. The van der Waals surface area contributed by atoms with Gasteiger partial charge in [0.2, 0.25) is 0 Å². The standard InChI is InChI=1S/C21H24F3N5O4S/c1-12(2)29-7-5-13(3)27-21(29,20(22,23)24)33-19(30)14-9-15-16(10-17(14)34(4,31)32)28-8-6-25-11-18(28)26-15/h5,7,9-10,12,25H,6,8,11H2,1-4H3/t21-/m0/s1. The van der Waals surface area contributed by atoms with Gasteiger partial charge in [0.25, 0.3) is 0 Å². The molecule has 0 bridgehead atoms. The number of sulfone groups is 1. The van der Waals surface area contributed by atoms with E-state index in [4.69, 9.17) is 4.74 Å². The van der Waals surface area contributed by atoms with Gasteiger partial charge in [0.15, 0.2) is 9.84 Å². The number of fused-ring (bicyclic) bond motifs is 3. The topological polar surface area (TPSA) is 106 Å². The van der Waals surface area contributed by atoms with Gasteiger partial charge in [-0.05, 0) is 39.0 Å². The number of halogens is 3. The van der Waals surface area contributed by atoms with E-state index < -0.39 is 44.3 Å². The fourth-order valence-corrected chi connectivity index (χ4v) is 4.98. The molecule has 0 saturated heterocycles. The van der Waals surface area contributed by atoms with Crippen LogP contribution in [0.3, 0.4) is 0 Å². The van der Waals surface area contributed by atoms with E-state index in [9.17, 15) is 26.4 Å². The largest absolute Gasteiger partial charge is 0.473 e. The summed E-state index contributed by atoms with van der Waals surface area (Å²) in [5.74, 6) is -4.19. The summed E-state index contributed by atoms with van der Waals surface area (Å²) in [6.45, 7) is 5.93. The molecule has 4 rings (SSSR count). The van der Waals surface area contributed by atoms with Crippen LogP contribution in [0.2, 0.25) is 0 Å². The van der Waals surface area contributed by atoms with Crippen molar-refractivity contribution in [3.8, 4) is 0 Å². The van der Waals surface area contributed by atoms with Crippen molar-refractivity contribution in [3.05, 3.63) is 35.8 Å². The summed E-state index contributed by atoms with van der Waals surface area (Å²) in [7, 11) is -4.01. The zero-order valence-electron chi connectivity index (χ0n) is 19.0. The zero-order valence-corrected chi connectivity index (χ0v) is 19.8. The Hall–Kier alpha value is -2.93. The summed E-state index contributed by atoms with van der Waals surface area (Å²) in [6.07, 6.45) is -1.71. The maximum absolute atomic E-state index is 14.4. The van der Waals surface area contributed by atoms with E-state index in [2.05, 4.69) is 15.3 Å². The van der Waals surface area contributed by atoms with Crippen LogP contribution >= 0.6 is 0 Å². The van der Waals surface area contributed by atoms with Crippen molar-refractivity contribution in [2.75, 3.05) is 12.8 Å². The number of benzene rings is 1.